The molecule has 0 bridgehead atoms. The van der Waals surface area contributed by atoms with Gasteiger partial charge in [-0.25, -0.2) is 0 Å². The molecule has 0 aliphatic heterocycles. The predicted molar refractivity (Wildman–Crippen MR) is 76.3 cm³/mol. The summed E-state index contributed by atoms with van der Waals surface area (Å²) in [6, 6.07) is 6.35. The van der Waals surface area contributed by atoms with Gasteiger partial charge in [0.2, 0.25) is 0 Å². The van der Waals surface area contributed by atoms with E-state index >= 15 is 0 Å². The van der Waals surface area contributed by atoms with Crippen molar-refractivity contribution in [3.63, 3.8) is 0 Å². The van der Waals surface area contributed by atoms with Crippen molar-refractivity contribution in [2.24, 2.45) is 0 Å². The van der Waals surface area contributed by atoms with Crippen LogP contribution in [-0.2, 0) is 0 Å². The topological polar surface area (TPSA) is 73.0 Å². The third-order valence-corrected chi connectivity index (χ3v) is 3.26. The van der Waals surface area contributed by atoms with E-state index in [0.29, 0.717) is 5.69 Å². The molecule has 0 fully saturated rings. The van der Waals surface area contributed by atoms with Crippen LogP contribution in [0.4, 0.5) is 13.2 Å². The summed E-state index contributed by atoms with van der Waals surface area (Å²) in [4.78, 5) is 12.2. The third kappa shape index (κ3) is 3.29. The fourth-order valence-corrected chi connectivity index (χ4v) is 2.13. The average molecular weight is 336 g/mol. The number of carbonyl (C=O) groups is 1. The Balaban J connectivity index is 1.85. The molecular weight excluding hydrogens is 325 g/mol. The van der Waals surface area contributed by atoms with Gasteiger partial charge in [0.1, 0.15) is 18.4 Å². The molecule has 1 atom stereocenters. The Hall–Kier alpha value is -3.10. The van der Waals surface area contributed by atoms with Crippen LogP contribution in [0.1, 0.15) is 22.2 Å². The van der Waals surface area contributed by atoms with Crippen molar-refractivity contribution in [2.45, 2.75) is 12.2 Å². The molecule has 1 amide bonds. The second-order valence-electron chi connectivity index (χ2n) is 4.88. The van der Waals surface area contributed by atoms with Gasteiger partial charge in [-0.3, -0.25) is 9.36 Å². The molecule has 0 saturated heterocycles. The summed E-state index contributed by atoms with van der Waals surface area (Å²) >= 11 is 0. The van der Waals surface area contributed by atoms with Gasteiger partial charge in [-0.05, 0) is 30.3 Å². The van der Waals surface area contributed by atoms with E-state index in [0.717, 1.165) is 12.3 Å². The fraction of sp³-hybridized carbons (Fsp3) is 0.133. The number of hydrogen-bond acceptors (Lipinski definition) is 4. The Bertz CT molecular complexity index is 814. The number of rotatable bonds is 4. The molecule has 1 N–H and O–H groups in total. The highest BCUT2D eigenvalue weighted by Crippen LogP contribution is 2.33. The van der Waals surface area contributed by atoms with E-state index in [1.165, 1.54) is 35.4 Å². The maximum absolute atomic E-state index is 13.2. The molecule has 0 spiro atoms. The van der Waals surface area contributed by atoms with Gasteiger partial charge in [-0.2, -0.15) is 13.2 Å². The summed E-state index contributed by atoms with van der Waals surface area (Å²) in [5.74, 6) is -1.26. The maximum Gasteiger partial charge on any atom is 0.415 e. The number of aromatic nitrogens is 3. The van der Waals surface area contributed by atoms with Crippen LogP contribution in [0.5, 0.6) is 0 Å². The molecule has 6 nitrogen and oxygen atoms in total. The van der Waals surface area contributed by atoms with E-state index in [4.69, 9.17) is 4.42 Å². The van der Waals surface area contributed by atoms with E-state index < -0.39 is 18.1 Å². The first-order valence-corrected chi connectivity index (χ1v) is 6.81. The maximum atomic E-state index is 13.2. The van der Waals surface area contributed by atoms with E-state index in [1.807, 2.05) is 5.32 Å². The lowest BCUT2D eigenvalue weighted by molar-refractivity contribution is -0.158. The minimum absolute atomic E-state index is 0.0713. The number of nitrogens with zero attached hydrogens (tertiary/aromatic N) is 3. The first-order valence-electron chi connectivity index (χ1n) is 6.81. The molecule has 0 unspecified atom stereocenters. The Morgan fingerprint density at radius 3 is 2.54 bits per heavy atom. The van der Waals surface area contributed by atoms with Crippen molar-refractivity contribution in [1.82, 2.24) is 20.1 Å². The number of amides is 1. The zero-order valence-corrected chi connectivity index (χ0v) is 12.1. The Morgan fingerprint density at radius 2 is 1.92 bits per heavy atom. The van der Waals surface area contributed by atoms with Crippen LogP contribution in [0.2, 0.25) is 0 Å². The molecule has 3 aromatic rings. The van der Waals surface area contributed by atoms with Gasteiger partial charge in [-0.15, -0.1) is 10.2 Å². The minimum atomic E-state index is -4.68. The number of hydrogen-bond donors (Lipinski definition) is 1. The highest BCUT2D eigenvalue weighted by atomic mass is 19.4. The predicted octanol–water partition coefficient (Wildman–Crippen LogP) is 2.89. The first-order chi connectivity index (χ1) is 11.4. The molecule has 0 aliphatic rings. The van der Waals surface area contributed by atoms with Gasteiger partial charge in [0, 0.05) is 11.3 Å². The van der Waals surface area contributed by atoms with Crippen LogP contribution < -0.4 is 5.32 Å². The number of halogens is 3. The molecule has 24 heavy (non-hydrogen) atoms. The van der Waals surface area contributed by atoms with Crippen LogP contribution in [0.15, 0.2) is 59.7 Å². The van der Waals surface area contributed by atoms with Crippen LogP contribution in [0.25, 0.3) is 5.69 Å². The molecule has 3 rings (SSSR count). The van der Waals surface area contributed by atoms with E-state index in [9.17, 15) is 18.0 Å². The van der Waals surface area contributed by atoms with Crippen molar-refractivity contribution in [1.29, 1.82) is 0 Å². The largest absolute Gasteiger partial charge is 0.467 e. The summed E-state index contributed by atoms with van der Waals surface area (Å²) in [6.45, 7) is 0. The number of benzene rings is 1. The molecule has 0 radical (unpaired) electrons. The molecular formula is C15H11F3N4O2. The van der Waals surface area contributed by atoms with E-state index in [-0.39, 0.29) is 11.3 Å². The van der Waals surface area contributed by atoms with Gasteiger partial charge in [-0.1, -0.05) is 6.07 Å². The van der Waals surface area contributed by atoms with Crippen molar-refractivity contribution >= 4 is 5.91 Å². The van der Waals surface area contributed by atoms with Crippen molar-refractivity contribution in [3.05, 3.63) is 66.6 Å². The summed E-state index contributed by atoms with van der Waals surface area (Å²) < 4.78 is 45.8. The summed E-state index contributed by atoms with van der Waals surface area (Å²) in [5, 5.41) is 9.23. The normalized spacial score (nSPS) is 12.8. The van der Waals surface area contributed by atoms with Crippen LogP contribution in [0, 0.1) is 0 Å². The van der Waals surface area contributed by atoms with Gasteiger partial charge in [0.05, 0.1) is 6.26 Å². The molecule has 0 saturated carbocycles. The number of carbonyl (C=O) groups excluding carboxylic acids is 1. The van der Waals surface area contributed by atoms with E-state index in [1.54, 1.807) is 12.1 Å². The zero-order chi connectivity index (χ0) is 17.2. The van der Waals surface area contributed by atoms with Gasteiger partial charge < -0.3 is 9.73 Å². The molecule has 124 valence electrons. The second kappa shape index (κ2) is 6.19. The standard InChI is InChI=1S/C15H11F3N4O2/c16-15(17,18)13(12-5-2-6-24-12)21-14(23)10-3-1-4-11(7-10)22-8-19-20-9-22/h1-9,13H,(H,21,23)/t13-/m0/s1. The Morgan fingerprint density at radius 1 is 1.17 bits per heavy atom. The molecule has 2 heterocycles. The lowest BCUT2D eigenvalue weighted by Crippen LogP contribution is -2.37. The van der Waals surface area contributed by atoms with Gasteiger partial charge in [0.15, 0.2) is 6.04 Å². The highest BCUT2D eigenvalue weighted by Gasteiger charge is 2.43. The lowest BCUT2D eigenvalue weighted by atomic mass is 10.1. The molecule has 0 aliphatic carbocycles. The quantitative estimate of drug-likeness (QED) is 0.795. The second-order valence-corrected chi connectivity index (χ2v) is 4.88. The summed E-state index contributed by atoms with van der Waals surface area (Å²) in [6.07, 6.45) is -0.733. The minimum Gasteiger partial charge on any atom is -0.467 e. The van der Waals surface area contributed by atoms with Crippen LogP contribution >= 0.6 is 0 Å². The van der Waals surface area contributed by atoms with Gasteiger partial charge in [0.25, 0.3) is 5.91 Å². The monoisotopic (exact) mass is 336 g/mol. The molecule has 1 aromatic carbocycles. The summed E-state index contributed by atoms with van der Waals surface area (Å²) in [5.41, 5.74) is 0.621. The van der Waals surface area contributed by atoms with Crippen molar-refractivity contribution in [3.8, 4) is 5.69 Å². The Labute approximate surface area is 133 Å². The van der Waals surface area contributed by atoms with Crippen molar-refractivity contribution in [2.75, 3.05) is 0 Å². The zero-order valence-electron chi connectivity index (χ0n) is 12.1. The number of furan rings is 1. The van der Waals surface area contributed by atoms with Crippen molar-refractivity contribution < 1.29 is 22.4 Å². The molecule has 9 heteroatoms. The van der Waals surface area contributed by atoms with Crippen LogP contribution in [0.3, 0.4) is 0 Å². The number of nitrogens with one attached hydrogen (secondary N) is 1. The Kier molecular flexibility index (Phi) is 4.07. The average Bonchev–Trinajstić information content (AvgIpc) is 3.24. The van der Waals surface area contributed by atoms with Gasteiger partial charge >= 0.3 is 6.18 Å². The SMILES string of the molecule is O=C(N[C@@H](c1ccco1)C(F)(F)F)c1cccc(-n2cnnc2)c1. The van der Waals surface area contributed by atoms with Crippen LogP contribution in [-0.4, -0.2) is 26.8 Å². The number of alkyl halides is 3. The molecule has 2 aromatic heterocycles. The van der Waals surface area contributed by atoms with E-state index in [2.05, 4.69) is 10.2 Å². The third-order valence-electron chi connectivity index (χ3n) is 3.26. The lowest BCUT2D eigenvalue weighted by Gasteiger charge is -2.19. The summed E-state index contributed by atoms with van der Waals surface area (Å²) in [7, 11) is 0. The first kappa shape index (κ1) is 15.8. The fourth-order valence-electron chi connectivity index (χ4n) is 2.13. The smallest absolute Gasteiger partial charge is 0.415 e. The highest BCUT2D eigenvalue weighted by molar-refractivity contribution is 5.95.